The first kappa shape index (κ1) is 23.2. The van der Waals surface area contributed by atoms with Crippen LogP contribution in [0.25, 0.3) is 11.7 Å². The fourth-order valence-corrected chi connectivity index (χ4v) is 4.05. The van der Waals surface area contributed by atoms with Crippen LogP contribution in [0.2, 0.25) is 0 Å². The number of aromatic hydroxyl groups is 1. The van der Waals surface area contributed by atoms with Crippen LogP contribution in [0.3, 0.4) is 0 Å². The number of hydrogen-bond donors (Lipinski definition) is 4. The summed E-state index contributed by atoms with van der Waals surface area (Å²) in [7, 11) is 0. The van der Waals surface area contributed by atoms with Gasteiger partial charge in [-0.3, -0.25) is 9.88 Å². The molecule has 6 rings (SSSR count). The van der Waals surface area contributed by atoms with Crippen LogP contribution in [0.5, 0.6) is 11.6 Å². The number of H-pyrrole nitrogens is 2. The molecule has 1 saturated heterocycles. The van der Waals surface area contributed by atoms with E-state index < -0.39 is 5.69 Å². The molecule has 0 unspecified atom stereocenters. The minimum absolute atomic E-state index is 0.218. The number of anilines is 2. The Kier molecular flexibility index (Phi) is 6.28. The van der Waals surface area contributed by atoms with Gasteiger partial charge >= 0.3 is 5.69 Å². The second kappa shape index (κ2) is 10.0. The fourth-order valence-electron chi connectivity index (χ4n) is 4.05. The Morgan fingerprint density at radius 2 is 2.11 bits per heavy atom. The summed E-state index contributed by atoms with van der Waals surface area (Å²) < 4.78 is 12.9. The number of imidazole rings is 1. The maximum Gasteiger partial charge on any atom is 0.326 e. The molecule has 0 spiro atoms. The smallest absolute Gasteiger partial charge is 0.326 e. The summed E-state index contributed by atoms with van der Waals surface area (Å²) in [4.78, 5) is 32.6. The highest BCUT2D eigenvalue weighted by atomic mass is 16.5. The Labute approximate surface area is 210 Å². The topological polar surface area (TPSA) is 158 Å². The molecule has 0 amide bonds. The van der Waals surface area contributed by atoms with Crippen molar-refractivity contribution in [2.75, 3.05) is 44.8 Å². The Balaban J connectivity index is 1.27. The largest absolute Gasteiger partial charge is 0.493 e. The molecule has 1 aromatic carbocycles. The van der Waals surface area contributed by atoms with Crippen LogP contribution in [-0.2, 0) is 4.74 Å². The minimum Gasteiger partial charge on any atom is -0.493 e. The molecule has 13 heteroatoms. The maximum absolute atomic E-state index is 11.5. The molecule has 4 N–H and O–H groups in total. The molecule has 4 heterocycles. The van der Waals surface area contributed by atoms with Crippen molar-refractivity contribution >= 4 is 23.4 Å². The summed E-state index contributed by atoms with van der Waals surface area (Å²) in [5, 5.41) is 18.2. The number of aromatic nitrogens is 6. The van der Waals surface area contributed by atoms with E-state index in [1.165, 1.54) is 0 Å². The molecule has 0 bridgehead atoms. The van der Waals surface area contributed by atoms with Crippen LogP contribution in [0.15, 0.2) is 40.2 Å². The van der Waals surface area contributed by atoms with E-state index in [2.05, 4.69) is 40.2 Å². The van der Waals surface area contributed by atoms with Gasteiger partial charge in [-0.15, -0.1) is 0 Å². The molecular weight excluding hydrogens is 478 g/mol. The van der Waals surface area contributed by atoms with Gasteiger partial charge in [0.05, 0.1) is 25.5 Å². The van der Waals surface area contributed by atoms with Crippen molar-refractivity contribution in [2.24, 2.45) is 4.99 Å². The van der Waals surface area contributed by atoms with Gasteiger partial charge in [-0.25, -0.2) is 9.79 Å². The number of morpholine rings is 1. The minimum atomic E-state index is -0.506. The Morgan fingerprint density at radius 1 is 1.24 bits per heavy atom. The average molecular weight is 506 g/mol. The zero-order valence-electron chi connectivity index (χ0n) is 20.1. The molecule has 0 atom stereocenters. The second-order valence-corrected chi connectivity index (χ2v) is 8.98. The number of rotatable bonds is 8. The number of hydrogen-bond acceptors (Lipinski definition) is 10. The monoisotopic (exact) mass is 505 g/mol. The third kappa shape index (κ3) is 5.47. The summed E-state index contributed by atoms with van der Waals surface area (Å²) in [5.74, 6) is 0.830. The second-order valence-electron chi connectivity index (χ2n) is 8.98. The predicted octanol–water partition coefficient (Wildman–Crippen LogP) is -0.0883. The first-order chi connectivity index (χ1) is 18.1. The zero-order chi connectivity index (χ0) is 25.2. The zero-order valence-corrected chi connectivity index (χ0v) is 20.1. The number of ether oxygens (including phenoxy) is 2. The molecule has 37 heavy (non-hydrogen) atoms. The van der Waals surface area contributed by atoms with Crippen molar-refractivity contribution < 1.29 is 14.6 Å². The molecule has 1 aliphatic carbocycles. The van der Waals surface area contributed by atoms with Gasteiger partial charge in [0, 0.05) is 36.6 Å². The Bertz CT molecular complexity index is 1580. The van der Waals surface area contributed by atoms with Crippen LogP contribution in [0.4, 0.5) is 11.6 Å². The third-order valence-corrected chi connectivity index (χ3v) is 6.13. The van der Waals surface area contributed by atoms with Gasteiger partial charge in [0.15, 0.2) is 5.65 Å². The Morgan fingerprint density at radius 3 is 2.89 bits per heavy atom. The van der Waals surface area contributed by atoms with Crippen LogP contribution in [0.1, 0.15) is 18.5 Å². The highest BCUT2D eigenvalue weighted by Gasteiger charge is 2.21. The van der Waals surface area contributed by atoms with E-state index in [1.54, 1.807) is 16.8 Å². The van der Waals surface area contributed by atoms with E-state index in [-0.39, 0.29) is 17.6 Å². The molecule has 1 aliphatic heterocycles. The SMILES string of the molecule is O=c1[nH]c(O)c(C=c2cnn3c(=NC4CC4)nc(Nc4cccc(OCCN5CCOCC5)c4)nc23)[nH]1. The van der Waals surface area contributed by atoms with Crippen molar-refractivity contribution in [3.8, 4) is 11.6 Å². The van der Waals surface area contributed by atoms with E-state index >= 15 is 0 Å². The quantitative estimate of drug-likeness (QED) is 0.257. The average Bonchev–Trinajstić information content (AvgIpc) is 3.53. The number of nitrogens with zero attached hydrogens (tertiary/aromatic N) is 6. The van der Waals surface area contributed by atoms with Gasteiger partial charge in [-0.1, -0.05) is 6.07 Å². The van der Waals surface area contributed by atoms with Crippen LogP contribution in [-0.4, -0.2) is 85.1 Å². The van der Waals surface area contributed by atoms with Crippen molar-refractivity contribution in [2.45, 2.75) is 18.9 Å². The molecule has 4 aromatic rings. The lowest BCUT2D eigenvalue weighted by atomic mass is 10.3. The Hall–Kier alpha value is -4.23. The molecule has 3 aromatic heterocycles. The fraction of sp³-hybridized carbons (Fsp3) is 0.375. The molecule has 0 radical (unpaired) electrons. The van der Waals surface area contributed by atoms with Gasteiger partial charge in [0.2, 0.25) is 11.8 Å². The maximum atomic E-state index is 11.5. The number of fused-ring (bicyclic) bond motifs is 1. The van der Waals surface area contributed by atoms with E-state index in [0.29, 0.717) is 29.0 Å². The first-order valence-corrected chi connectivity index (χ1v) is 12.2. The normalized spacial score (nSPS) is 17.5. The lowest BCUT2D eigenvalue weighted by Gasteiger charge is -2.26. The van der Waals surface area contributed by atoms with Crippen LogP contribution >= 0.6 is 0 Å². The molecule has 1 saturated carbocycles. The molecule has 2 fully saturated rings. The number of benzene rings is 1. The summed E-state index contributed by atoms with van der Waals surface area (Å²) in [6, 6.07) is 7.85. The molecule has 192 valence electrons. The van der Waals surface area contributed by atoms with Gasteiger partial charge in [-0.05, 0) is 31.1 Å². The van der Waals surface area contributed by atoms with Crippen molar-refractivity contribution in [3.05, 3.63) is 57.5 Å². The van der Waals surface area contributed by atoms with Gasteiger partial charge in [-0.2, -0.15) is 19.6 Å². The predicted molar refractivity (Wildman–Crippen MR) is 134 cm³/mol. The summed E-state index contributed by atoms with van der Waals surface area (Å²) in [6.07, 6.45) is 5.21. The highest BCUT2D eigenvalue weighted by molar-refractivity contribution is 5.60. The number of nitrogens with one attached hydrogen (secondary N) is 3. The van der Waals surface area contributed by atoms with Crippen molar-refractivity contribution in [1.82, 2.24) is 34.4 Å². The van der Waals surface area contributed by atoms with Gasteiger partial charge < -0.3 is 24.9 Å². The summed E-state index contributed by atoms with van der Waals surface area (Å²) in [6.45, 7) is 4.80. The third-order valence-electron chi connectivity index (χ3n) is 6.13. The van der Waals surface area contributed by atoms with E-state index in [0.717, 1.165) is 57.1 Å². The van der Waals surface area contributed by atoms with E-state index in [1.807, 2.05) is 24.3 Å². The summed E-state index contributed by atoms with van der Waals surface area (Å²) in [5.41, 5.74) is 1.41. The summed E-state index contributed by atoms with van der Waals surface area (Å²) >= 11 is 0. The lowest BCUT2D eigenvalue weighted by Crippen LogP contribution is -2.38. The van der Waals surface area contributed by atoms with E-state index in [4.69, 9.17) is 9.47 Å². The van der Waals surface area contributed by atoms with Gasteiger partial charge in [0.1, 0.15) is 18.1 Å². The molecular formula is C24H27N9O4. The lowest BCUT2D eigenvalue weighted by molar-refractivity contribution is 0.0322. The van der Waals surface area contributed by atoms with Crippen LogP contribution < -0.4 is 26.6 Å². The molecule has 2 aliphatic rings. The van der Waals surface area contributed by atoms with Gasteiger partial charge in [0.25, 0.3) is 5.62 Å². The van der Waals surface area contributed by atoms with Crippen molar-refractivity contribution in [1.29, 1.82) is 0 Å². The van der Waals surface area contributed by atoms with E-state index in [9.17, 15) is 9.90 Å². The molecule has 13 nitrogen and oxygen atoms in total. The standard InChI is InChI=1S/C24H27N9O4/c34-21-19(28-24(35)30-21)12-15-14-25-33-20(15)29-22(31-23(33)27-16-4-5-16)26-17-2-1-3-18(13-17)37-11-8-32-6-9-36-10-7-32/h1-3,12-14,16,34H,4-11H2,(H,26,27,31)(H2,28,30,35). The van der Waals surface area contributed by atoms with Crippen LogP contribution in [0, 0.1) is 0 Å². The first-order valence-electron chi connectivity index (χ1n) is 12.2. The van der Waals surface area contributed by atoms with Crippen molar-refractivity contribution in [3.63, 3.8) is 0 Å². The highest BCUT2D eigenvalue weighted by Crippen LogP contribution is 2.23. The number of aromatic amines is 2.